The number of aromatic amines is 1. The molecule has 0 saturated carbocycles. The van der Waals surface area contributed by atoms with Gasteiger partial charge in [-0.3, -0.25) is 4.79 Å². The van der Waals surface area contributed by atoms with E-state index in [0.29, 0.717) is 12.1 Å². The second-order valence-corrected chi connectivity index (χ2v) is 2.43. The van der Waals surface area contributed by atoms with E-state index in [9.17, 15) is 4.79 Å². The van der Waals surface area contributed by atoms with Gasteiger partial charge in [-0.15, -0.1) is 0 Å². The summed E-state index contributed by atoms with van der Waals surface area (Å²) in [5.74, 6) is 0. The molecule has 1 aromatic heterocycles. The molecule has 0 atom stereocenters. The molecule has 1 rings (SSSR count). The highest BCUT2D eigenvalue weighted by molar-refractivity contribution is 5.47. The SMILES string of the molecule is NCCC=Cc1ccc[nH]c1=O. The molecule has 1 aromatic rings. The van der Waals surface area contributed by atoms with Gasteiger partial charge in [-0.25, -0.2) is 0 Å². The minimum atomic E-state index is -0.0641. The molecular formula is C9H12N2O. The Morgan fingerprint density at radius 2 is 2.42 bits per heavy atom. The Bertz CT molecular complexity index is 314. The summed E-state index contributed by atoms with van der Waals surface area (Å²) in [4.78, 5) is 13.7. The van der Waals surface area contributed by atoms with Gasteiger partial charge in [-0.2, -0.15) is 0 Å². The fourth-order valence-corrected chi connectivity index (χ4v) is 0.872. The number of nitrogens with one attached hydrogen (secondary N) is 1. The van der Waals surface area contributed by atoms with Crippen molar-refractivity contribution < 1.29 is 0 Å². The number of rotatable bonds is 3. The van der Waals surface area contributed by atoms with Gasteiger partial charge >= 0.3 is 0 Å². The lowest BCUT2D eigenvalue weighted by Crippen LogP contribution is -2.06. The van der Waals surface area contributed by atoms with Gasteiger partial charge in [0.25, 0.3) is 5.56 Å². The molecule has 12 heavy (non-hydrogen) atoms. The Labute approximate surface area is 70.9 Å². The Morgan fingerprint density at radius 1 is 1.58 bits per heavy atom. The Hall–Kier alpha value is -1.35. The van der Waals surface area contributed by atoms with Crippen LogP contribution in [0.5, 0.6) is 0 Å². The molecule has 0 radical (unpaired) electrons. The summed E-state index contributed by atoms with van der Waals surface area (Å²) in [6.45, 7) is 0.612. The summed E-state index contributed by atoms with van der Waals surface area (Å²) < 4.78 is 0. The molecule has 0 unspecified atom stereocenters. The van der Waals surface area contributed by atoms with Crippen LogP contribution in [0.3, 0.4) is 0 Å². The minimum Gasteiger partial charge on any atom is -0.330 e. The standard InChI is InChI=1S/C9H12N2O/c10-6-2-1-4-8-5-3-7-11-9(8)12/h1,3-5,7H,2,6,10H2,(H,11,12). The maximum atomic E-state index is 11.1. The molecule has 0 amide bonds. The number of aromatic nitrogens is 1. The van der Waals surface area contributed by atoms with Crippen molar-refractivity contribution in [3.8, 4) is 0 Å². The van der Waals surface area contributed by atoms with Crippen LogP contribution >= 0.6 is 0 Å². The van der Waals surface area contributed by atoms with Gasteiger partial charge in [-0.1, -0.05) is 12.2 Å². The zero-order valence-corrected chi connectivity index (χ0v) is 6.79. The summed E-state index contributed by atoms with van der Waals surface area (Å²) in [6.07, 6.45) is 6.09. The highest BCUT2D eigenvalue weighted by Crippen LogP contribution is 1.93. The van der Waals surface area contributed by atoms with Crippen molar-refractivity contribution in [1.82, 2.24) is 4.98 Å². The first-order chi connectivity index (χ1) is 5.84. The van der Waals surface area contributed by atoms with E-state index in [1.54, 1.807) is 24.4 Å². The second-order valence-electron chi connectivity index (χ2n) is 2.43. The van der Waals surface area contributed by atoms with Crippen LogP contribution in [0.15, 0.2) is 29.2 Å². The summed E-state index contributed by atoms with van der Waals surface area (Å²) in [5, 5.41) is 0. The minimum absolute atomic E-state index is 0.0641. The summed E-state index contributed by atoms with van der Waals surface area (Å²) >= 11 is 0. The van der Waals surface area contributed by atoms with Gasteiger partial charge in [0.2, 0.25) is 0 Å². The highest BCUT2D eigenvalue weighted by atomic mass is 16.1. The van der Waals surface area contributed by atoms with Crippen LogP contribution in [-0.2, 0) is 0 Å². The van der Waals surface area contributed by atoms with Gasteiger partial charge in [0.15, 0.2) is 0 Å². The number of pyridine rings is 1. The number of hydrogen-bond acceptors (Lipinski definition) is 2. The molecule has 0 fully saturated rings. The maximum Gasteiger partial charge on any atom is 0.255 e. The van der Waals surface area contributed by atoms with E-state index in [1.807, 2.05) is 6.08 Å². The monoisotopic (exact) mass is 164 g/mol. The van der Waals surface area contributed by atoms with Crippen molar-refractivity contribution in [1.29, 1.82) is 0 Å². The fourth-order valence-electron chi connectivity index (χ4n) is 0.872. The van der Waals surface area contributed by atoms with Crippen LogP contribution in [0.25, 0.3) is 6.08 Å². The third-order valence-corrected chi connectivity index (χ3v) is 1.48. The zero-order valence-electron chi connectivity index (χ0n) is 6.79. The predicted octanol–water partition coefficient (Wildman–Crippen LogP) is 0.737. The van der Waals surface area contributed by atoms with Gasteiger partial charge in [0.1, 0.15) is 0 Å². The first-order valence-corrected chi connectivity index (χ1v) is 3.89. The van der Waals surface area contributed by atoms with Crippen molar-refractivity contribution in [3.05, 3.63) is 40.3 Å². The first-order valence-electron chi connectivity index (χ1n) is 3.89. The first kappa shape index (κ1) is 8.74. The Morgan fingerprint density at radius 3 is 3.08 bits per heavy atom. The Kier molecular flexibility index (Phi) is 3.29. The molecule has 0 aromatic carbocycles. The maximum absolute atomic E-state index is 11.1. The molecule has 0 spiro atoms. The van der Waals surface area contributed by atoms with Crippen molar-refractivity contribution in [3.63, 3.8) is 0 Å². The number of nitrogens with two attached hydrogens (primary N) is 1. The molecule has 64 valence electrons. The molecule has 3 heteroatoms. The van der Waals surface area contributed by atoms with Crippen LogP contribution in [0.2, 0.25) is 0 Å². The normalized spacial score (nSPS) is 10.8. The van der Waals surface area contributed by atoms with Gasteiger partial charge in [0.05, 0.1) is 0 Å². The van der Waals surface area contributed by atoms with E-state index < -0.39 is 0 Å². The fraction of sp³-hybridized carbons (Fsp3) is 0.222. The summed E-state index contributed by atoms with van der Waals surface area (Å²) in [7, 11) is 0. The van der Waals surface area contributed by atoms with Gasteiger partial charge in [0, 0.05) is 11.8 Å². The molecule has 0 aliphatic carbocycles. The quantitative estimate of drug-likeness (QED) is 0.692. The molecule has 0 aliphatic heterocycles. The lowest BCUT2D eigenvalue weighted by molar-refractivity contribution is 1.01. The number of hydrogen-bond donors (Lipinski definition) is 2. The topological polar surface area (TPSA) is 58.9 Å². The third-order valence-electron chi connectivity index (χ3n) is 1.48. The lowest BCUT2D eigenvalue weighted by atomic mass is 10.2. The van der Waals surface area contributed by atoms with E-state index in [0.717, 1.165) is 6.42 Å². The van der Waals surface area contributed by atoms with Crippen molar-refractivity contribution >= 4 is 6.08 Å². The molecule has 0 aliphatic rings. The molecule has 3 N–H and O–H groups in total. The van der Waals surface area contributed by atoms with Crippen LogP contribution < -0.4 is 11.3 Å². The molecule has 0 saturated heterocycles. The van der Waals surface area contributed by atoms with Crippen LogP contribution in [0.1, 0.15) is 12.0 Å². The molecular weight excluding hydrogens is 152 g/mol. The van der Waals surface area contributed by atoms with E-state index in [4.69, 9.17) is 5.73 Å². The third kappa shape index (κ3) is 2.36. The highest BCUT2D eigenvalue weighted by Gasteiger charge is 1.89. The van der Waals surface area contributed by atoms with Crippen LogP contribution in [-0.4, -0.2) is 11.5 Å². The molecule has 0 bridgehead atoms. The van der Waals surface area contributed by atoms with Crippen LogP contribution in [0.4, 0.5) is 0 Å². The van der Waals surface area contributed by atoms with Gasteiger partial charge in [-0.05, 0) is 25.1 Å². The smallest absolute Gasteiger partial charge is 0.255 e. The predicted molar refractivity (Wildman–Crippen MR) is 49.8 cm³/mol. The Balaban J connectivity index is 2.76. The van der Waals surface area contributed by atoms with E-state index in [1.165, 1.54) is 0 Å². The van der Waals surface area contributed by atoms with Crippen LogP contribution in [0, 0.1) is 0 Å². The van der Waals surface area contributed by atoms with Crippen molar-refractivity contribution in [2.75, 3.05) is 6.54 Å². The largest absolute Gasteiger partial charge is 0.330 e. The van der Waals surface area contributed by atoms with E-state index >= 15 is 0 Å². The van der Waals surface area contributed by atoms with Crippen molar-refractivity contribution in [2.24, 2.45) is 5.73 Å². The molecule has 3 nitrogen and oxygen atoms in total. The molecule has 1 heterocycles. The second kappa shape index (κ2) is 4.51. The van der Waals surface area contributed by atoms with Gasteiger partial charge < -0.3 is 10.7 Å². The zero-order chi connectivity index (χ0) is 8.81. The number of H-pyrrole nitrogens is 1. The summed E-state index contributed by atoms with van der Waals surface area (Å²) in [6, 6.07) is 3.56. The van der Waals surface area contributed by atoms with E-state index in [2.05, 4.69) is 4.98 Å². The van der Waals surface area contributed by atoms with Crippen molar-refractivity contribution in [2.45, 2.75) is 6.42 Å². The average Bonchev–Trinajstić information content (AvgIpc) is 2.09. The average molecular weight is 164 g/mol. The van der Waals surface area contributed by atoms with E-state index in [-0.39, 0.29) is 5.56 Å². The summed E-state index contributed by atoms with van der Waals surface area (Å²) in [5.41, 5.74) is 5.90. The lowest BCUT2D eigenvalue weighted by Gasteiger charge is -1.89.